The summed E-state index contributed by atoms with van der Waals surface area (Å²) in [6, 6.07) is 15.9. The van der Waals surface area contributed by atoms with E-state index in [-0.39, 0.29) is 12.0 Å². The zero-order valence-corrected chi connectivity index (χ0v) is 13.0. The lowest BCUT2D eigenvalue weighted by Gasteiger charge is -2.04. The summed E-state index contributed by atoms with van der Waals surface area (Å²) >= 11 is 3.37. The van der Waals surface area contributed by atoms with E-state index in [0.29, 0.717) is 4.90 Å². The predicted octanol–water partition coefficient (Wildman–Crippen LogP) is 2.72. The second-order valence-electron chi connectivity index (χ2n) is 4.98. The van der Waals surface area contributed by atoms with Crippen LogP contribution in [0, 0.1) is 0 Å². The maximum atomic E-state index is 12.6. The number of sulfone groups is 1. The minimum Gasteiger partial charge on any atom is -0.326 e. The van der Waals surface area contributed by atoms with Gasteiger partial charge in [0.2, 0.25) is 0 Å². The first-order chi connectivity index (χ1) is 9.51. The highest BCUT2D eigenvalue weighted by atomic mass is 79.9. The second kappa shape index (κ2) is 4.98. The first kappa shape index (κ1) is 13.8. The molecule has 0 unspecified atom stereocenters. The summed E-state index contributed by atoms with van der Waals surface area (Å²) in [7, 11) is -3.36. The number of halogens is 1. The number of benzene rings is 2. The van der Waals surface area contributed by atoms with Crippen LogP contribution in [0.4, 0.5) is 0 Å². The molecule has 0 aliphatic heterocycles. The summed E-state index contributed by atoms with van der Waals surface area (Å²) in [6.45, 7) is 0. The standard InChI is InChI=1S/C15H14BrNO2S/c16-11-8-6-10(7-9-11)13-14(17)15(13)20(18,19)12-4-2-1-3-5-12/h1-9,13-15H,17H2/t13-,14+,15+/m0/s1. The molecular formula is C15H14BrNO2S. The first-order valence-corrected chi connectivity index (χ1v) is 8.66. The van der Waals surface area contributed by atoms with Gasteiger partial charge in [0.15, 0.2) is 9.84 Å². The Morgan fingerprint density at radius 1 is 0.950 bits per heavy atom. The van der Waals surface area contributed by atoms with E-state index in [9.17, 15) is 8.42 Å². The molecule has 20 heavy (non-hydrogen) atoms. The zero-order valence-electron chi connectivity index (χ0n) is 10.6. The van der Waals surface area contributed by atoms with Gasteiger partial charge in [-0.1, -0.05) is 46.3 Å². The summed E-state index contributed by atoms with van der Waals surface area (Å²) in [5.41, 5.74) is 6.99. The summed E-state index contributed by atoms with van der Waals surface area (Å²) in [5, 5.41) is -0.522. The van der Waals surface area contributed by atoms with Crippen LogP contribution in [0.3, 0.4) is 0 Å². The lowest BCUT2D eigenvalue weighted by Crippen LogP contribution is -2.15. The molecule has 5 heteroatoms. The average molecular weight is 352 g/mol. The molecule has 2 N–H and O–H groups in total. The molecular weight excluding hydrogens is 338 g/mol. The lowest BCUT2D eigenvalue weighted by atomic mass is 10.1. The molecule has 2 aromatic rings. The van der Waals surface area contributed by atoms with Crippen LogP contribution in [-0.2, 0) is 9.84 Å². The van der Waals surface area contributed by atoms with Crippen LogP contribution in [0.25, 0.3) is 0 Å². The highest BCUT2D eigenvalue weighted by Gasteiger charge is 2.56. The zero-order chi connectivity index (χ0) is 14.3. The maximum absolute atomic E-state index is 12.6. The predicted molar refractivity (Wildman–Crippen MR) is 82.3 cm³/mol. The summed E-state index contributed by atoms with van der Waals surface area (Å²) < 4.78 is 26.1. The average Bonchev–Trinajstić information content (AvgIpc) is 3.13. The van der Waals surface area contributed by atoms with Crippen molar-refractivity contribution in [2.24, 2.45) is 5.73 Å². The molecule has 3 rings (SSSR count). The van der Waals surface area contributed by atoms with Crippen LogP contribution < -0.4 is 5.73 Å². The van der Waals surface area contributed by atoms with Gasteiger partial charge in [-0.2, -0.15) is 0 Å². The molecule has 0 spiro atoms. The Kier molecular flexibility index (Phi) is 3.44. The topological polar surface area (TPSA) is 60.2 Å². The normalized spacial score (nSPS) is 25.4. The number of hydrogen-bond acceptors (Lipinski definition) is 3. The fourth-order valence-corrected chi connectivity index (χ4v) is 4.90. The quantitative estimate of drug-likeness (QED) is 0.924. The van der Waals surface area contributed by atoms with Crippen LogP contribution >= 0.6 is 15.9 Å². The van der Waals surface area contributed by atoms with Crippen molar-refractivity contribution in [3.8, 4) is 0 Å². The van der Waals surface area contributed by atoms with Crippen molar-refractivity contribution in [1.82, 2.24) is 0 Å². The van der Waals surface area contributed by atoms with Gasteiger partial charge >= 0.3 is 0 Å². The van der Waals surface area contributed by atoms with E-state index < -0.39 is 15.1 Å². The second-order valence-corrected chi connectivity index (χ2v) is 8.00. The first-order valence-electron chi connectivity index (χ1n) is 6.32. The Labute approximate surface area is 126 Å². The summed E-state index contributed by atoms with van der Waals surface area (Å²) in [4.78, 5) is 0.347. The fraction of sp³-hybridized carbons (Fsp3) is 0.200. The van der Waals surface area contributed by atoms with Crippen LogP contribution in [-0.4, -0.2) is 19.7 Å². The van der Waals surface area contributed by atoms with Crippen molar-refractivity contribution >= 4 is 25.8 Å². The Balaban J connectivity index is 1.91. The Morgan fingerprint density at radius 2 is 1.55 bits per heavy atom. The number of hydrogen-bond donors (Lipinski definition) is 1. The van der Waals surface area contributed by atoms with E-state index >= 15 is 0 Å². The molecule has 3 nitrogen and oxygen atoms in total. The van der Waals surface area contributed by atoms with E-state index in [1.165, 1.54) is 0 Å². The van der Waals surface area contributed by atoms with E-state index in [2.05, 4.69) is 15.9 Å². The molecule has 104 valence electrons. The van der Waals surface area contributed by atoms with Gasteiger partial charge in [0.1, 0.15) is 0 Å². The molecule has 0 saturated heterocycles. The number of rotatable bonds is 3. The lowest BCUT2D eigenvalue weighted by molar-refractivity contribution is 0.593. The summed E-state index contributed by atoms with van der Waals surface area (Å²) in [6.07, 6.45) is 0. The van der Waals surface area contributed by atoms with Gasteiger partial charge in [0, 0.05) is 16.4 Å². The van der Waals surface area contributed by atoms with E-state index in [1.54, 1.807) is 30.3 Å². The molecule has 2 aromatic carbocycles. The minimum atomic E-state index is -3.36. The van der Waals surface area contributed by atoms with Crippen molar-refractivity contribution < 1.29 is 8.42 Å². The van der Waals surface area contributed by atoms with Crippen LogP contribution in [0.1, 0.15) is 11.5 Å². The maximum Gasteiger partial charge on any atom is 0.183 e. The molecule has 1 fully saturated rings. The Bertz CT molecular complexity index is 713. The van der Waals surface area contributed by atoms with Crippen molar-refractivity contribution in [3.05, 3.63) is 64.6 Å². The Hall–Kier alpha value is -1.17. The molecule has 0 bridgehead atoms. The molecule has 1 aliphatic rings. The van der Waals surface area contributed by atoms with Crippen LogP contribution in [0.15, 0.2) is 64.0 Å². The molecule has 0 aromatic heterocycles. The smallest absolute Gasteiger partial charge is 0.183 e. The van der Waals surface area contributed by atoms with Gasteiger partial charge < -0.3 is 5.73 Å². The van der Waals surface area contributed by atoms with Crippen molar-refractivity contribution in [2.45, 2.75) is 22.1 Å². The van der Waals surface area contributed by atoms with Gasteiger partial charge in [-0.05, 0) is 29.8 Å². The SMILES string of the molecule is N[C@@H]1[C@H](c2ccc(Br)cc2)[C@H]1S(=O)(=O)c1ccccc1. The van der Waals surface area contributed by atoms with Crippen molar-refractivity contribution in [1.29, 1.82) is 0 Å². The molecule has 1 aliphatic carbocycles. The molecule has 3 atom stereocenters. The van der Waals surface area contributed by atoms with Crippen LogP contribution in [0.2, 0.25) is 0 Å². The summed E-state index contributed by atoms with van der Waals surface area (Å²) in [5.74, 6) is -0.117. The molecule has 1 saturated carbocycles. The monoisotopic (exact) mass is 351 g/mol. The van der Waals surface area contributed by atoms with Gasteiger partial charge in [0.25, 0.3) is 0 Å². The molecule has 0 amide bonds. The van der Waals surface area contributed by atoms with Gasteiger partial charge in [0.05, 0.1) is 10.1 Å². The number of nitrogens with two attached hydrogens (primary N) is 1. The van der Waals surface area contributed by atoms with Crippen LogP contribution in [0.5, 0.6) is 0 Å². The third-order valence-corrected chi connectivity index (χ3v) is 6.47. The Morgan fingerprint density at radius 3 is 2.15 bits per heavy atom. The van der Waals surface area contributed by atoms with Gasteiger partial charge in [-0.3, -0.25) is 0 Å². The molecule has 0 radical (unpaired) electrons. The largest absolute Gasteiger partial charge is 0.326 e. The minimum absolute atomic E-state index is 0.117. The third-order valence-electron chi connectivity index (χ3n) is 3.69. The van der Waals surface area contributed by atoms with E-state index in [0.717, 1.165) is 10.0 Å². The van der Waals surface area contributed by atoms with E-state index in [1.807, 2.05) is 24.3 Å². The van der Waals surface area contributed by atoms with Crippen molar-refractivity contribution in [3.63, 3.8) is 0 Å². The fourth-order valence-electron chi connectivity index (χ4n) is 2.57. The van der Waals surface area contributed by atoms with E-state index in [4.69, 9.17) is 5.73 Å². The highest BCUT2D eigenvalue weighted by molar-refractivity contribution is 9.10. The third kappa shape index (κ3) is 2.30. The van der Waals surface area contributed by atoms with Crippen molar-refractivity contribution in [2.75, 3.05) is 0 Å². The highest BCUT2D eigenvalue weighted by Crippen LogP contribution is 2.47. The van der Waals surface area contributed by atoms with Gasteiger partial charge in [-0.25, -0.2) is 8.42 Å². The molecule has 0 heterocycles. The van der Waals surface area contributed by atoms with Gasteiger partial charge in [-0.15, -0.1) is 0 Å².